The summed E-state index contributed by atoms with van der Waals surface area (Å²) in [6, 6.07) is 0. The maximum absolute atomic E-state index is 13.0. The second-order valence-electron chi connectivity index (χ2n) is 9.59. The molecule has 2 aliphatic rings. The molecule has 0 aliphatic carbocycles. The fraction of sp³-hybridized carbons (Fsp3) is 0.773. The van der Waals surface area contributed by atoms with E-state index in [0.717, 1.165) is 37.6 Å². The van der Waals surface area contributed by atoms with Crippen LogP contribution in [0.15, 0.2) is 0 Å². The van der Waals surface area contributed by atoms with E-state index >= 15 is 0 Å². The van der Waals surface area contributed by atoms with Crippen LogP contribution in [0.4, 0.5) is 0 Å². The van der Waals surface area contributed by atoms with E-state index in [-0.39, 0.29) is 17.7 Å². The molecule has 162 valence electrons. The van der Waals surface area contributed by atoms with Crippen LogP contribution in [0.3, 0.4) is 0 Å². The van der Waals surface area contributed by atoms with Gasteiger partial charge >= 0.3 is 5.97 Å². The third-order valence-corrected chi connectivity index (χ3v) is 6.89. The molecule has 0 spiro atoms. The van der Waals surface area contributed by atoms with Crippen LogP contribution >= 0.6 is 0 Å². The van der Waals surface area contributed by atoms with Crippen molar-refractivity contribution in [2.24, 2.45) is 24.3 Å². The number of aryl methyl sites for hydroxylation is 2. The lowest BCUT2D eigenvalue weighted by Crippen LogP contribution is -2.38. The van der Waals surface area contributed by atoms with Gasteiger partial charge in [-0.1, -0.05) is 13.8 Å². The van der Waals surface area contributed by atoms with Gasteiger partial charge in [0.05, 0.1) is 5.69 Å². The number of nitrogens with zero attached hydrogens (tertiary/aromatic N) is 4. The molecule has 2 fully saturated rings. The number of aliphatic carboxylic acids is 1. The molecule has 0 saturated carbocycles. The summed E-state index contributed by atoms with van der Waals surface area (Å²) < 4.78 is 1.87. The van der Waals surface area contributed by atoms with Gasteiger partial charge in [-0.25, -0.2) is 0 Å². The Hall–Kier alpha value is -1.89. The van der Waals surface area contributed by atoms with Gasteiger partial charge in [-0.3, -0.25) is 14.3 Å². The van der Waals surface area contributed by atoms with Crippen LogP contribution in [-0.2, 0) is 23.1 Å². The maximum atomic E-state index is 13.0. The second-order valence-corrected chi connectivity index (χ2v) is 9.59. The van der Waals surface area contributed by atoms with E-state index in [1.54, 1.807) is 0 Å². The van der Waals surface area contributed by atoms with Crippen molar-refractivity contribution in [3.05, 3.63) is 17.0 Å². The summed E-state index contributed by atoms with van der Waals surface area (Å²) in [5.74, 6) is 0.417. The van der Waals surface area contributed by atoms with E-state index in [1.165, 1.54) is 5.56 Å². The van der Waals surface area contributed by atoms with Gasteiger partial charge in [0.2, 0.25) is 5.91 Å². The zero-order valence-electron chi connectivity index (χ0n) is 18.6. The quantitative estimate of drug-likeness (QED) is 0.719. The third-order valence-electron chi connectivity index (χ3n) is 6.89. The molecule has 7 nitrogen and oxygen atoms in total. The molecule has 2 atom stereocenters. The van der Waals surface area contributed by atoms with Crippen molar-refractivity contribution in [3.8, 4) is 0 Å². The molecule has 2 aliphatic heterocycles. The van der Waals surface area contributed by atoms with Crippen molar-refractivity contribution in [3.63, 3.8) is 0 Å². The molecule has 1 aromatic heterocycles. The lowest BCUT2D eigenvalue weighted by Gasteiger charge is -2.29. The first-order valence-corrected chi connectivity index (χ1v) is 10.8. The van der Waals surface area contributed by atoms with Crippen molar-refractivity contribution >= 4 is 11.9 Å². The fourth-order valence-electron chi connectivity index (χ4n) is 5.42. The molecule has 3 rings (SSSR count). The van der Waals surface area contributed by atoms with Crippen molar-refractivity contribution in [2.45, 2.75) is 53.4 Å². The Bertz CT molecular complexity index is 772. The van der Waals surface area contributed by atoms with Crippen LogP contribution in [0.1, 0.15) is 50.1 Å². The number of carboxylic acid groups (broad SMARTS) is 1. The highest BCUT2D eigenvalue weighted by Gasteiger charge is 2.52. The average Bonchev–Trinajstić information content (AvgIpc) is 3.20. The summed E-state index contributed by atoms with van der Waals surface area (Å²) in [4.78, 5) is 28.7. The monoisotopic (exact) mass is 404 g/mol. The molecule has 1 amide bonds. The molecule has 1 aromatic rings. The molecule has 0 unspecified atom stereocenters. The van der Waals surface area contributed by atoms with Crippen LogP contribution in [0.25, 0.3) is 0 Å². The van der Waals surface area contributed by atoms with Gasteiger partial charge in [0.1, 0.15) is 0 Å². The minimum atomic E-state index is -0.743. The van der Waals surface area contributed by atoms with E-state index in [2.05, 4.69) is 23.8 Å². The summed E-state index contributed by atoms with van der Waals surface area (Å²) >= 11 is 0. The number of carbonyl (C=O) groups is 2. The minimum absolute atomic E-state index is 0.0664. The SMILES string of the molecule is Cc1nn(C)c(C)c1CCC(=O)N1C[C@@H]2CN(CC(C)C)C[C@]2(CCC(=O)O)C1. The standard InChI is InChI=1S/C22H36N4O3/c1-15(2)10-25-11-18-12-26(14-22(18,13-25)9-8-21(28)29)20(27)7-6-19-16(3)23-24(5)17(19)4/h15,18H,6-14H2,1-5H3,(H,28,29)/t18-,22+/m0/s1. The number of hydrogen-bond acceptors (Lipinski definition) is 4. The summed E-state index contributed by atoms with van der Waals surface area (Å²) in [7, 11) is 1.93. The lowest BCUT2D eigenvalue weighted by atomic mass is 9.77. The number of hydrogen-bond donors (Lipinski definition) is 1. The number of fused-ring (bicyclic) bond motifs is 1. The van der Waals surface area contributed by atoms with Crippen LogP contribution in [0, 0.1) is 31.1 Å². The molecule has 0 radical (unpaired) electrons. The second kappa shape index (κ2) is 8.46. The van der Waals surface area contributed by atoms with Gasteiger partial charge in [-0.05, 0) is 44.1 Å². The number of rotatable bonds is 8. The number of carboxylic acids is 1. The Morgan fingerprint density at radius 2 is 1.93 bits per heavy atom. The number of amides is 1. The van der Waals surface area contributed by atoms with E-state index in [9.17, 15) is 14.7 Å². The first kappa shape index (κ1) is 21.8. The van der Waals surface area contributed by atoms with Crippen LogP contribution < -0.4 is 0 Å². The van der Waals surface area contributed by atoms with Crippen LogP contribution in [0.5, 0.6) is 0 Å². The molecule has 3 heterocycles. The fourth-order valence-corrected chi connectivity index (χ4v) is 5.42. The number of likely N-dealkylation sites (tertiary alicyclic amines) is 2. The number of aromatic nitrogens is 2. The predicted octanol–water partition coefficient (Wildman–Crippen LogP) is 2.25. The zero-order chi connectivity index (χ0) is 21.3. The highest BCUT2D eigenvalue weighted by atomic mass is 16.4. The Morgan fingerprint density at radius 1 is 1.21 bits per heavy atom. The Balaban J connectivity index is 1.65. The Kier molecular flexibility index (Phi) is 6.36. The molecule has 7 heteroatoms. The molecular weight excluding hydrogens is 368 g/mol. The van der Waals surface area contributed by atoms with E-state index < -0.39 is 5.97 Å². The zero-order valence-corrected chi connectivity index (χ0v) is 18.6. The van der Waals surface area contributed by atoms with Gasteiger partial charge in [0.15, 0.2) is 0 Å². The summed E-state index contributed by atoms with van der Waals surface area (Å²) in [6.07, 6.45) is 2.05. The first-order chi connectivity index (χ1) is 13.6. The van der Waals surface area contributed by atoms with E-state index in [1.807, 2.05) is 30.5 Å². The molecule has 2 saturated heterocycles. The molecule has 0 aromatic carbocycles. The highest BCUT2D eigenvalue weighted by molar-refractivity contribution is 5.77. The highest BCUT2D eigenvalue weighted by Crippen LogP contribution is 2.46. The molecule has 0 bridgehead atoms. The maximum Gasteiger partial charge on any atom is 0.303 e. The number of carbonyl (C=O) groups excluding carboxylic acids is 1. The van der Waals surface area contributed by atoms with E-state index in [0.29, 0.717) is 37.6 Å². The topological polar surface area (TPSA) is 78.7 Å². The third kappa shape index (κ3) is 4.65. The van der Waals surface area contributed by atoms with Gasteiger partial charge in [-0.2, -0.15) is 5.10 Å². The normalized spacial score (nSPS) is 24.5. The van der Waals surface area contributed by atoms with Crippen LogP contribution in [0.2, 0.25) is 0 Å². The molecule has 1 N–H and O–H groups in total. The predicted molar refractivity (Wildman–Crippen MR) is 112 cm³/mol. The minimum Gasteiger partial charge on any atom is -0.481 e. The van der Waals surface area contributed by atoms with Crippen molar-refractivity contribution < 1.29 is 14.7 Å². The summed E-state index contributed by atoms with van der Waals surface area (Å²) in [5, 5.41) is 13.7. The van der Waals surface area contributed by atoms with Gasteiger partial charge in [0, 0.05) is 63.7 Å². The Labute approximate surface area is 174 Å². The Morgan fingerprint density at radius 3 is 2.52 bits per heavy atom. The van der Waals surface area contributed by atoms with Gasteiger partial charge in [0.25, 0.3) is 0 Å². The summed E-state index contributed by atoms with van der Waals surface area (Å²) in [5.41, 5.74) is 3.22. The van der Waals surface area contributed by atoms with Crippen molar-refractivity contribution in [2.75, 3.05) is 32.7 Å². The van der Waals surface area contributed by atoms with Crippen molar-refractivity contribution in [1.29, 1.82) is 0 Å². The summed E-state index contributed by atoms with van der Waals surface area (Å²) in [6.45, 7) is 12.9. The van der Waals surface area contributed by atoms with Gasteiger partial charge < -0.3 is 14.9 Å². The molecule has 29 heavy (non-hydrogen) atoms. The largest absolute Gasteiger partial charge is 0.481 e. The smallest absolute Gasteiger partial charge is 0.303 e. The molecular formula is C22H36N4O3. The van der Waals surface area contributed by atoms with Crippen LogP contribution in [-0.4, -0.2) is 69.3 Å². The average molecular weight is 405 g/mol. The lowest BCUT2D eigenvalue weighted by molar-refractivity contribution is -0.137. The van der Waals surface area contributed by atoms with Crippen molar-refractivity contribution in [1.82, 2.24) is 19.6 Å². The van der Waals surface area contributed by atoms with E-state index in [4.69, 9.17) is 0 Å². The van der Waals surface area contributed by atoms with Gasteiger partial charge in [-0.15, -0.1) is 0 Å². The first-order valence-electron chi connectivity index (χ1n) is 10.8.